The van der Waals surface area contributed by atoms with Crippen LogP contribution in [0.4, 0.5) is 18.9 Å². The molecule has 1 heterocycles. The van der Waals surface area contributed by atoms with Crippen molar-refractivity contribution in [3.05, 3.63) is 86.8 Å². The van der Waals surface area contributed by atoms with Gasteiger partial charge in [0.05, 0.1) is 22.3 Å². The minimum atomic E-state index is -4.58. The number of amides is 1. The molecule has 0 radical (unpaired) electrons. The number of halogens is 4. The van der Waals surface area contributed by atoms with Crippen molar-refractivity contribution in [1.82, 2.24) is 15.1 Å². The van der Waals surface area contributed by atoms with E-state index in [4.69, 9.17) is 17.3 Å². The van der Waals surface area contributed by atoms with E-state index in [9.17, 15) is 22.8 Å². The molecule has 3 rings (SSSR count). The lowest BCUT2D eigenvalue weighted by atomic mass is 10.0. The molecule has 0 saturated heterocycles. The lowest BCUT2D eigenvalue weighted by Crippen LogP contribution is -2.31. The topological polar surface area (TPSA) is 90.0 Å². The Labute approximate surface area is 174 Å². The highest BCUT2D eigenvalue weighted by Gasteiger charge is 2.31. The summed E-state index contributed by atoms with van der Waals surface area (Å²) in [4.78, 5) is 24.9. The molecule has 1 amide bonds. The molecule has 3 aromatic rings. The standard InChI is InChI=1S/C20H16ClF3N4O2/c1-11(12-7-13(20(22,23)24)9-14(25)8-12)26-19(30)18-16(21)10-17(29)28(27-18)15-5-3-2-4-6-15/h2-11H,25H2,1H3,(H,26,30). The maximum Gasteiger partial charge on any atom is 0.416 e. The Bertz CT molecular complexity index is 1150. The van der Waals surface area contributed by atoms with Gasteiger partial charge in [-0.3, -0.25) is 9.59 Å². The fraction of sp³-hybridized carbons (Fsp3) is 0.150. The summed E-state index contributed by atoms with van der Waals surface area (Å²) < 4.78 is 40.1. The summed E-state index contributed by atoms with van der Waals surface area (Å²) in [6, 6.07) is 11.6. The second-order valence-electron chi connectivity index (χ2n) is 6.51. The number of anilines is 1. The molecule has 10 heteroatoms. The first-order valence-electron chi connectivity index (χ1n) is 8.70. The number of carbonyl (C=O) groups excluding carboxylic acids is 1. The van der Waals surface area contributed by atoms with Gasteiger partial charge in [-0.1, -0.05) is 29.8 Å². The summed E-state index contributed by atoms with van der Waals surface area (Å²) in [5.74, 6) is -0.756. The minimum Gasteiger partial charge on any atom is -0.399 e. The Morgan fingerprint density at radius 1 is 1.17 bits per heavy atom. The molecule has 0 spiro atoms. The Hall–Kier alpha value is -3.33. The van der Waals surface area contributed by atoms with Crippen LogP contribution in [0.3, 0.4) is 0 Å². The largest absolute Gasteiger partial charge is 0.416 e. The summed E-state index contributed by atoms with van der Waals surface area (Å²) in [6.07, 6.45) is -4.58. The van der Waals surface area contributed by atoms with Gasteiger partial charge in [0, 0.05) is 11.8 Å². The monoisotopic (exact) mass is 436 g/mol. The van der Waals surface area contributed by atoms with Crippen molar-refractivity contribution in [3.63, 3.8) is 0 Å². The van der Waals surface area contributed by atoms with Gasteiger partial charge >= 0.3 is 6.18 Å². The number of carbonyl (C=O) groups is 1. The lowest BCUT2D eigenvalue weighted by molar-refractivity contribution is -0.137. The first-order valence-corrected chi connectivity index (χ1v) is 9.08. The maximum absolute atomic E-state index is 13.0. The third-order valence-corrected chi connectivity index (χ3v) is 4.54. The second-order valence-corrected chi connectivity index (χ2v) is 6.91. The zero-order valence-corrected chi connectivity index (χ0v) is 16.3. The molecule has 0 aliphatic heterocycles. The minimum absolute atomic E-state index is 0.0882. The molecular formula is C20H16ClF3N4O2. The van der Waals surface area contributed by atoms with Gasteiger partial charge in [-0.05, 0) is 42.8 Å². The molecule has 6 nitrogen and oxygen atoms in total. The molecule has 156 valence electrons. The number of para-hydroxylation sites is 1. The summed E-state index contributed by atoms with van der Waals surface area (Å²) in [5, 5.41) is 6.37. The molecular weight excluding hydrogens is 421 g/mol. The van der Waals surface area contributed by atoms with Gasteiger partial charge in [-0.2, -0.15) is 23.0 Å². The number of nitrogens with two attached hydrogens (primary N) is 1. The van der Waals surface area contributed by atoms with Crippen LogP contribution in [0.15, 0.2) is 59.4 Å². The van der Waals surface area contributed by atoms with E-state index in [0.29, 0.717) is 5.69 Å². The van der Waals surface area contributed by atoms with Crippen LogP contribution in [0, 0.1) is 0 Å². The number of benzene rings is 2. The van der Waals surface area contributed by atoms with E-state index in [2.05, 4.69) is 10.4 Å². The van der Waals surface area contributed by atoms with E-state index < -0.39 is 29.2 Å². The first kappa shape index (κ1) is 21.4. The fourth-order valence-electron chi connectivity index (χ4n) is 2.78. The third kappa shape index (κ3) is 4.62. The quantitative estimate of drug-likeness (QED) is 0.605. The number of aromatic nitrogens is 2. The van der Waals surface area contributed by atoms with Crippen LogP contribution in [0.5, 0.6) is 0 Å². The van der Waals surface area contributed by atoms with Crippen molar-refractivity contribution < 1.29 is 18.0 Å². The van der Waals surface area contributed by atoms with Crippen LogP contribution in [0.2, 0.25) is 5.02 Å². The van der Waals surface area contributed by atoms with Crippen molar-refractivity contribution >= 4 is 23.2 Å². The summed E-state index contributed by atoms with van der Waals surface area (Å²) in [6.45, 7) is 1.49. The van der Waals surface area contributed by atoms with Crippen LogP contribution in [-0.2, 0) is 6.18 Å². The molecule has 0 fully saturated rings. The lowest BCUT2D eigenvalue weighted by Gasteiger charge is -2.17. The van der Waals surface area contributed by atoms with Crippen molar-refractivity contribution in [3.8, 4) is 5.69 Å². The molecule has 1 aromatic heterocycles. The van der Waals surface area contributed by atoms with Gasteiger partial charge in [0.1, 0.15) is 0 Å². The van der Waals surface area contributed by atoms with Gasteiger partial charge in [0.25, 0.3) is 11.5 Å². The number of alkyl halides is 3. The SMILES string of the molecule is CC(NC(=O)c1nn(-c2ccccc2)c(=O)cc1Cl)c1cc(N)cc(C(F)(F)F)c1. The number of hydrogen-bond donors (Lipinski definition) is 2. The molecule has 3 N–H and O–H groups in total. The number of hydrogen-bond acceptors (Lipinski definition) is 4. The fourth-order valence-corrected chi connectivity index (χ4v) is 3.00. The molecule has 0 bridgehead atoms. The van der Waals surface area contributed by atoms with E-state index in [1.165, 1.54) is 13.0 Å². The van der Waals surface area contributed by atoms with Crippen LogP contribution < -0.4 is 16.6 Å². The van der Waals surface area contributed by atoms with Crippen molar-refractivity contribution in [2.24, 2.45) is 0 Å². The summed E-state index contributed by atoms with van der Waals surface area (Å²) in [7, 11) is 0. The van der Waals surface area contributed by atoms with Crippen LogP contribution >= 0.6 is 11.6 Å². The third-order valence-electron chi connectivity index (χ3n) is 4.25. The van der Waals surface area contributed by atoms with E-state index in [1.54, 1.807) is 30.3 Å². The molecule has 0 saturated carbocycles. The second kappa shape index (κ2) is 8.19. The van der Waals surface area contributed by atoms with Crippen LogP contribution in [0.1, 0.15) is 34.6 Å². The molecule has 1 unspecified atom stereocenters. The number of rotatable bonds is 4. The zero-order valence-electron chi connectivity index (χ0n) is 15.6. The van der Waals surface area contributed by atoms with Crippen molar-refractivity contribution in [1.29, 1.82) is 0 Å². The summed E-state index contributed by atoms with van der Waals surface area (Å²) >= 11 is 6.02. The zero-order chi connectivity index (χ0) is 22.1. The van der Waals surface area contributed by atoms with Gasteiger partial charge in [-0.25, -0.2) is 0 Å². The van der Waals surface area contributed by atoms with E-state index in [0.717, 1.165) is 22.9 Å². The highest BCUT2D eigenvalue weighted by Crippen LogP contribution is 2.32. The number of nitrogen functional groups attached to an aromatic ring is 1. The highest BCUT2D eigenvalue weighted by atomic mass is 35.5. The van der Waals surface area contributed by atoms with Crippen molar-refractivity contribution in [2.75, 3.05) is 5.73 Å². The summed E-state index contributed by atoms with van der Waals surface area (Å²) in [5.41, 5.74) is 4.36. The predicted octanol–water partition coefficient (Wildman–Crippen LogP) is 3.98. The van der Waals surface area contributed by atoms with Crippen LogP contribution in [0.25, 0.3) is 5.69 Å². The van der Waals surface area contributed by atoms with E-state index in [1.807, 2.05) is 0 Å². The maximum atomic E-state index is 13.0. The smallest absolute Gasteiger partial charge is 0.399 e. The van der Waals surface area contributed by atoms with Crippen molar-refractivity contribution in [2.45, 2.75) is 19.1 Å². The average molecular weight is 437 g/mol. The van der Waals surface area contributed by atoms with Crippen LogP contribution in [-0.4, -0.2) is 15.7 Å². The Morgan fingerprint density at radius 3 is 2.47 bits per heavy atom. The molecule has 0 aliphatic rings. The van der Waals surface area contributed by atoms with Gasteiger partial charge in [-0.15, -0.1) is 0 Å². The van der Waals surface area contributed by atoms with E-state index in [-0.39, 0.29) is 22.0 Å². The number of nitrogens with one attached hydrogen (secondary N) is 1. The van der Waals surface area contributed by atoms with Gasteiger partial charge in [0.2, 0.25) is 0 Å². The molecule has 2 aromatic carbocycles. The molecule has 30 heavy (non-hydrogen) atoms. The normalized spacial score (nSPS) is 12.4. The Balaban J connectivity index is 1.91. The highest BCUT2D eigenvalue weighted by molar-refractivity contribution is 6.33. The first-order chi connectivity index (χ1) is 14.1. The average Bonchev–Trinajstić information content (AvgIpc) is 2.67. The van der Waals surface area contributed by atoms with E-state index >= 15 is 0 Å². The molecule has 0 aliphatic carbocycles. The van der Waals surface area contributed by atoms with Gasteiger partial charge in [0.15, 0.2) is 5.69 Å². The number of nitrogens with zero attached hydrogens (tertiary/aromatic N) is 2. The molecule has 1 atom stereocenters. The Kier molecular flexibility index (Phi) is 5.84. The predicted molar refractivity (Wildman–Crippen MR) is 107 cm³/mol. The Morgan fingerprint density at radius 2 is 1.83 bits per heavy atom. The van der Waals surface area contributed by atoms with Gasteiger partial charge < -0.3 is 11.1 Å².